The Labute approximate surface area is 125 Å². The lowest BCUT2D eigenvalue weighted by atomic mass is 10.1. The molecule has 4 nitrogen and oxygen atoms in total. The van der Waals surface area contributed by atoms with Gasteiger partial charge in [-0.3, -0.25) is 9.48 Å². The van der Waals surface area contributed by atoms with Crippen LogP contribution < -0.4 is 5.32 Å². The Balaban J connectivity index is 2.02. The number of aromatic nitrogens is 2. The Morgan fingerprint density at radius 1 is 1.53 bits per heavy atom. The van der Waals surface area contributed by atoms with Gasteiger partial charge >= 0.3 is 0 Å². The van der Waals surface area contributed by atoms with Gasteiger partial charge < -0.3 is 5.32 Å². The molecule has 102 valence electrons. The van der Waals surface area contributed by atoms with E-state index in [1.54, 1.807) is 28.4 Å². The van der Waals surface area contributed by atoms with E-state index >= 15 is 0 Å². The van der Waals surface area contributed by atoms with E-state index in [-0.39, 0.29) is 5.91 Å². The van der Waals surface area contributed by atoms with Gasteiger partial charge in [0.25, 0.3) is 0 Å². The van der Waals surface area contributed by atoms with Crippen molar-refractivity contribution in [3.8, 4) is 0 Å². The van der Waals surface area contributed by atoms with Crippen LogP contribution in [0.3, 0.4) is 0 Å². The second kappa shape index (κ2) is 5.46. The summed E-state index contributed by atoms with van der Waals surface area (Å²) in [5, 5.41) is 7.13. The number of halogens is 1. The molecule has 0 aliphatic heterocycles. The maximum atomic E-state index is 12.3. The number of aryl methyl sites for hydroxylation is 1. The lowest BCUT2D eigenvalue weighted by Crippen LogP contribution is -2.44. The topological polar surface area (TPSA) is 46.9 Å². The van der Waals surface area contributed by atoms with Crippen molar-refractivity contribution in [1.29, 1.82) is 0 Å². The van der Waals surface area contributed by atoms with Gasteiger partial charge in [-0.2, -0.15) is 5.10 Å². The molecule has 0 aliphatic carbocycles. The summed E-state index contributed by atoms with van der Waals surface area (Å²) in [6.07, 6.45) is 3.48. The molecule has 2 heterocycles. The highest BCUT2D eigenvalue weighted by Gasteiger charge is 2.30. The third-order valence-corrected chi connectivity index (χ3v) is 4.31. The van der Waals surface area contributed by atoms with Gasteiger partial charge in [0.15, 0.2) is 0 Å². The quantitative estimate of drug-likeness (QED) is 0.928. The number of amides is 1. The van der Waals surface area contributed by atoms with E-state index in [4.69, 9.17) is 0 Å². The van der Waals surface area contributed by atoms with E-state index in [2.05, 4.69) is 39.3 Å². The van der Waals surface area contributed by atoms with Gasteiger partial charge in [0, 0.05) is 16.0 Å². The number of hydrogen-bond acceptors (Lipinski definition) is 3. The lowest BCUT2D eigenvalue weighted by molar-refractivity contribution is -0.129. The molecule has 1 N–H and O–H groups in total. The fraction of sp³-hybridized carbons (Fsp3) is 0.385. The van der Waals surface area contributed by atoms with Gasteiger partial charge in [0.2, 0.25) is 5.91 Å². The van der Waals surface area contributed by atoms with E-state index in [0.717, 1.165) is 9.35 Å². The molecule has 0 saturated heterocycles. The summed E-state index contributed by atoms with van der Waals surface area (Å²) in [6.45, 7) is 6.31. The molecular weight excluding hydrogens is 326 g/mol. The summed E-state index contributed by atoms with van der Waals surface area (Å²) < 4.78 is 2.52. The van der Waals surface area contributed by atoms with Crippen LogP contribution in [-0.2, 0) is 16.9 Å². The molecule has 0 saturated carbocycles. The second-order valence-corrected chi connectivity index (χ2v) is 7.15. The molecule has 2 aromatic heterocycles. The normalized spacial score (nSPS) is 11.6. The fourth-order valence-electron chi connectivity index (χ4n) is 1.67. The van der Waals surface area contributed by atoms with E-state index in [9.17, 15) is 4.79 Å². The van der Waals surface area contributed by atoms with E-state index < -0.39 is 5.54 Å². The van der Waals surface area contributed by atoms with Crippen LogP contribution in [0.25, 0.3) is 0 Å². The predicted octanol–water partition coefficient (Wildman–Crippen LogP) is 3.07. The molecule has 2 aromatic rings. The van der Waals surface area contributed by atoms with Crippen molar-refractivity contribution in [2.75, 3.05) is 0 Å². The summed E-state index contributed by atoms with van der Waals surface area (Å²) in [5.41, 5.74) is -0.710. The minimum atomic E-state index is -0.710. The van der Waals surface area contributed by atoms with Crippen LogP contribution >= 0.6 is 27.3 Å². The zero-order valence-corrected chi connectivity index (χ0v) is 13.5. The number of hydrogen-bond donors (Lipinski definition) is 1. The average Bonchev–Trinajstić information content (AvgIpc) is 2.95. The number of rotatable bonds is 4. The van der Waals surface area contributed by atoms with E-state index in [1.807, 2.05) is 19.9 Å². The van der Waals surface area contributed by atoms with Crippen LogP contribution in [0, 0.1) is 6.92 Å². The van der Waals surface area contributed by atoms with Crippen LogP contribution in [0.1, 0.15) is 23.6 Å². The standard InChI is InChI=1S/C13H16BrN3OS/c1-9-4-5-11(19-9)7-15-12(18)13(2,3)17-8-10(14)6-16-17/h4-6,8H,7H2,1-3H3,(H,15,18). The Morgan fingerprint density at radius 3 is 2.79 bits per heavy atom. The molecule has 0 aliphatic rings. The van der Waals surface area contributed by atoms with Gasteiger partial charge in [-0.15, -0.1) is 11.3 Å². The van der Waals surface area contributed by atoms with Crippen LogP contribution in [0.4, 0.5) is 0 Å². The van der Waals surface area contributed by atoms with Gasteiger partial charge in [-0.25, -0.2) is 0 Å². The highest BCUT2D eigenvalue weighted by Crippen LogP contribution is 2.19. The highest BCUT2D eigenvalue weighted by atomic mass is 79.9. The minimum absolute atomic E-state index is 0.0471. The van der Waals surface area contributed by atoms with E-state index in [1.165, 1.54) is 4.88 Å². The first-order chi connectivity index (χ1) is 8.89. The van der Waals surface area contributed by atoms with Crippen molar-refractivity contribution < 1.29 is 4.79 Å². The Morgan fingerprint density at radius 2 is 2.26 bits per heavy atom. The molecule has 0 radical (unpaired) electrons. The van der Waals surface area contributed by atoms with Gasteiger partial charge in [-0.05, 0) is 48.8 Å². The molecule has 19 heavy (non-hydrogen) atoms. The number of nitrogens with zero attached hydrogens (tertiary/aromatic N) is 2. The second-order valence-electron chi connectivity index (χ2n) is 4.86. The average molecular weight is 342 g/mol. The maximum absolute atomic E-state index is 12.3. The molecule has 0 atom stereocenters. The molecule has 0 unspecified atom stereocenters. The molecule has 1 amide bonds. The first-order valence-corrected chi connectivity index (χ1v) is 7.55. The maximum Gasteiger partial charge on any atom is 0.247 e. The Bertz CT molecular complexity index is 588. The number of carbonyl (C=O) groups is 1. The first kappa shape index (κ1) is 14.3. The first-order valence-electron chi connectivity index (χ1n) is 5.94. The smallest absolute Gasteiger partial charge is 0.247 e. The molecule has 0 fully saturated rings. The predicted molar refractivity (Wildman–Crippen MR) is 80.2 cm³/mol. The molecule has 0 spiro atoms. The summed E-state index contributed by atoms with van der Waals surface area (Å²) in [7, 11) is 0. The van der Waals surface area contributed by atoms with Gasteiger partial charge in [0.1, 0.15) is 5.54 Å². The molecule has 6 heteroatoms. The third kappa shape index (κ3) is 3.25. The number of carbonyl (C=O) groups excluding carboxylic acids is 1. The summed E-state index contributed by atoms with van der Waals surface area (Å²) >= 11 is 5.03. The van der Waals surface area contributed by atoms with Crippen LogP contribution in [0.15, 0.2) is 29.0 Å². The summed E-state index contributed by atoms with van der Waals surface area (Å²) in [6, 6.07) is 4.10. The van der Waals surface area contributed by atoms with Gasteiger partial charge in [-0.1, -0.05) is 0 Å². The van der Waals surface area contributed by atoms with Gasteiger partial charge in [0.05, 0.1) is 17.2 Å². The minimum Gasteiger partial charge on any atom is -0.349 e. The Kier molecular flexibility index (Phi) is 4.10. The number of nitrogens with one attached hydrogen (secondary N) is 1. The van der Waals surface area contributed by atoms with Crippen molar-refractivity contribution >= 4 is 33.2 Å². The summed E-state index contributed by atoms with van der Waals surface area (Å²) in [4.78, 5) is 14.7. The largest absolute Gasteiger partial charge is 0.349 e. The fourth-order valence-corrected chi connectivity index (χ4v) is 2.79. The van der Waals surface area contributed by atoms with Crippen molar-refractivity contribution in [3.05, 3.63) is 38.8 Å². The molecular formula is C13H16BrN3OS. The Hall–Kier alpha value is -1.14. The van der Waals surface area contributed by atoms with Crippen LogP contribution in [0.2, 0.25) is 0 Å². The number of thiophene rings is 1. The monoisotopic (exact) mass is 341 g/mol. The summed E-state index contributed by atoms with van der Waals surface area (Å²) in [5.74, 6) is -0.0471. The van der Waals surface area contributed by atoms with Crippen molar-refractivity contribution in [1.82, 2.24) is 15.1 Å². The zero-order chi connectivity index (χ0) is 14.0. The molecule has 2 rings (SSSR count). The molecule has 0 bridgehead atoms. The third-order valence-electron chi connectivity index (χ3n) is 2.90. The highest BCUT2D eigenvalue weighted by molar-refractivity contribution is 9.10. The van der Waals surface area contributed by atoms with Crippen LogP contribution in [0.5, 0.6) is 0 Å². The van der Waals surface area contributed by atoms with Crippen molar-refractivity contribution in [2.24, 2.45) is 0 Å². The van der Waals surface area contributed by atoms with Crippen molar-refractivity contribution in [3.63, 3.8) is 0 Å². The van der Waals surface area contributed by atoms with E-state index in [0.29, 0.717) is 6.54 Å². The lowest BCUT2D eigenvalue weighted by Gasteiger charge is -2.24. The van der Waals surface area contributed by atoms with Crippen molar-refractivity contribution in [2.45, 2.75) is 32.9 Å². The zero-order valence-electron chi connectivity index (χ0n) is 11.1. The molecule has 0 aromatic carbocycles. The SMILES string of the molecule is Cc1ccc(CNC(=O)C(C)(C)n2cc(Br)cn2)s1. The van der Waals surface area contributed by atoms with Crippen LogP contribution in [-0.4, -0.2) is 15.7 Å².